The van der Waals surface area contributed by atoms with Crippen LogP contribution in [0, 0.1) is 0 Å². The third-order valence-corrected chi connectivity index (χ3v) is 7.74. The molecule has 6 nitrogen and oxygen atoms in total. The van der Waals surface area contributed by atoms with Crippen molar-refractivity contribution in [3.8, 4) is 28.1 Å². The summed E-state index contributed by atoms with van der Waals surface area (Å²) in [4.78, 5) is 19.8. The molecule has 0 spiro atoms. The molecule has 0 N–H and O–H groups in total. The zero-order valence-electron chi connectivity index (χ0n) is 22.4. The van der Waals surface area contributed by atoms with E-state index in [0.29, 0.717) is 24.7 Å². The van der Waals surface area contributed by atoms with Gasteiger partial charge in [-0.3, -0.25) is 14.5 Å². The Morgan fingerprint density at radius 3 is 2.53 bits per heavy atom. The van der Waals surface area contributed by atoms with Crippen LogP contribution in [0.4, 0.5) is 0 Å². The van der Waals surface area contributed by atoms with E-state index in [-0.39, 0.29) is 12.0 Å². The van der Waals surface area contributed by atoms with Gasteiger partial charge in [0.15, 0.2) is 0 Å². The van der Waals surface area contributed by atoms with Gasteiger partial charge in [-0.2, -0.15) is 5.10 Å². The number of ether oxygens (including phenoxy) is 1. The first kappa shape index (κ1) is 24.4. The SMILES string of the molecule is CCCN1CCn2nc(-c3ccncc3)c(-c3ccc4c(c3)CCC(c3ccc(C(C)C)cc3)O4)c2C1=O. The van der Waals surface area contributed by atoms with Gasteiger partial charge in [0.05, 0.1) is 6.54 Å². The van der Waals surface area contributed by atoms with Crippen molar-refractivity contribution in [1.29, 1.82) is 0 Å². The van der Waals surface area contributed by atoms with E-state index in [1.807, 2.05) is 21.7 Å². The predicted molar refractivity (Wildman–Crippen MR) is 149 cm³/mol. The number of amides is 1. The van der Waals surface area contributed by atoms with Crippen molar-refractivity contribution in [1.82, 2.24) is 19.7 Å². The van der Waals surface area contributed by atoms with Crippen molar-refractivity contribution in [2.75, 3.05) is 13.1 Å². The Hall–Kier alpha value is -3.93. The van der Waals surface area contributed by atoms with Crippen LogP contribution in [0.2, 0.25) is 0 Å². The second-order valence-corrected chi connectivity index (χ2v) is 10.6. The van der Waals surface area contributed by atoms with Crippen LogP contribution in [0.15, 0.2) is 67.0 Å². The third kappa shape index (κ3) is 4.38. The maximum Gasteiger partial charge on any atom is 0.272 e. The molecule has 2 aliphatic heterocycles. The van der Waals surface area contributed by atoms with E-state index in [4.69, 9.17) is 9.84 Å². The summed E-state index contributed by atoms with van der Waals surface area (Å²) in [6, 6.07) is 19.1. The van der Waals surface area contributed by atoms with Crippen molar-refractivity contribution in [2.24, 2.45) is 0 Å². The predicted octanol–water partition coefficient (Wildman–Crippen LogP) is 6.67. The second kappa shape index (κ2) is 10.1. The number of fused-ring (bicyclic) bond motifs is 2. The van der Waals surface area contributed by atoms with Crippen molar-refractivity contribution >= 4 is 5.91 Å². The number of rotatable bonds is 6. The molecule has 4 heterocycles. The first-order chi connectivity index (χ1) is 18.5. The highest BCUT2D eigenvalue weighted by Gasteiger charge is 2.32. The summed E-state index contributed by atoms with van der Waals surface area (Å²) in [5.41, 5.74) is 8.11. The topological polar surface area (TPSA) is 60.3 Å². The van der Waals surface area contributed by atoms with Crippen LogP contribution < -0.4 is 4.74 Å². The lowest BCUT2D eigenvalue weighted by molar-refractivity contribution is 0.0699. The van der Waals surface area contributed by atoms with Crippen LogP contribution in [-0.2, 0) is 13.0 Å². The Labute approximate surface area is 224 Å². The molecule has 1 unspecified atom stereocenters. The van der Waals surface area contributed by atoms with Crippen LogP contribution in [0.5, 0.6) is 5.75 Å². The van der Waals surface area contributed by atoms with E-state index in [1.54, 1.807) is 12.4 Å². The summed E-state index contributed by atoms with van der Waals surface area (Å²) in [6.45, 7) is 8.68. The number of carbonyl (C=O) groups is 1. The molecule has 2 aromatic carbocycles. The zero-order valence-corrected chi connectivity index (χ0v) is 22.4. The quantitative estimate of drug-likeness (QED) is 0.293. The van der Waals surface area contributed by atoms with Crippen LogP contribution >= 0.6 is 0 Å². The van der Waals surface area contributed by atoms with Gasteiger partial charge in [0.25, 0.3) is 5.91 Å². The molecule has 38 heavy (non-hydrogen) atoms. The number of carbonyl (C=O) groups excluding carboxylic acids is 1. The third-order valence-electron chi connectivity index (χ3n) is 7.74. The fourth-order valence-corrected chi connectivity index (χ4v) is 5.65. The van der Waals surface area contributed by atoms with E-state index < -0.39 is 0 Å². The molecule has 0 radical (unpaired) electrons. The van der Waals surface area contributed by atoms with Gasteiger partial charge < -0.3 is 9.64 Å². The highest BCUT2D eigenvalue weighted by molar-refractivity contribution is 6.03. The Kier molecular flexibility index (Phi) is 6.48. The first-order valence-corrected chi connectivity index (χ1v) is 13.7. The molecule has 1 amide bonds. The summed E-state index contributed by atoms with van der Waals surface area (Å²) in [5, 5.41) is 4.94. The molecule has 0 saturated carbocycles. The average Bonchev–Trinajstić information content (AvgIpc) is 3.35. The van der Waals surface area contributed by atoms with Crippen molar-refractivity contribution in [2.45, 2.75) is 58.6 Å². The summed E-state index contributed by atoms with van der Waals surface area (Å²) in [6.07, 6.45) is 6.38. The molecule has 6 heteroatoms. The fourth-order valence-electron chi connectivity index (χ4n) is 5.65. The summed E-state index contributed by atoms with van der Waals surface area (Å²) >= 11 is 0. The second-order valence-electron chi connectivity index (χ2n) is 10.6. The maximum atomic E-state index is 13.6. The minimum atomic E-state index is 0.0510. The van der Waals surface area contributed by atoms with Crippen LogP contribution in [-0.4, -0.2) is 38.7 Å². The minimum absolute atomic E-state index is 0.0510. The van der Waals surface area contributed by atoms with Gasteiger partial charge in [-0.15, -0.1) is 0 Å². The van der Waals surface area contributed by atoms with Crippen molar-refractivity contribution in [3.05, 3.63) is 89.4 Å². The Balaban J connectivity index is 1.37. The summed E-state index contributed by atoms with van der Waals surface area (Å²) < 4.78 is 8.38. The Morgan fingerprint density at radius 1 is 1.00 bits per heavy atom. The van der Waals surface area contributed by atoms with E-state index in [9.17, 15) is 4.79 Å². The van der Waals surface area contributed by atoms with E-state index in [0.717, 1.165) is 53.9 Å². The molecular weight excluding hydrogens is 472 g/mol. The lowest BCUT2D eigenvalue weighted by Gasteiger charge is -2.28. The molecule has 1 atom stereocenters. The molecule has 0 bridgehead atoms. The first-order valence-electron chi connectivity index (χ1n) is 13.7. The van der Waals surface area contributed by atoms with Gasteiger partial charge >= 0.3 is 0 Å². The Morgan fingerprint density at radius 2 is 1.79 bits per heavy atom. The smallest absolute Gasteiger partial charge is 0.272 e. The fraction of sp³-hybridized carbons (Fsp3) is 0.344. The van der Waals surface area contributed by atoms with Gasteiger partial charge in [0.1, 0.15) is 23.2 Å². The maximum absolute atomic E-state index is 13.6. The van der Waals surface area contributed by atoms with Crippen molar-refractivity contribution in [3.63, 3.8) is 0 Å². The number of aromatic nitrogens is 3. The number of nitrogens with zero attached hydrogens (tertiary/aromatic N) is 4. The van der Waals surface area contributed by atoms with Crippen molar-refractivity contribution < 1.29 is 9.53 Å². The average molecular weight is 507 g/mol. The number of pyridine rings is 1. The summed E-state index contributed by atoms with van der Waals surface area (Å²) in [5.74, 6) is 1.49. The lowest BCUT2D eigenvalue weighted by Crippen LogP contribution is -2.41. The van der Waals surface area contributed by atoms with Crippen LogP contribution in [0.25, 0.3) is 22.4 Å². The monoisotopic (exact) mass is 506 g/mol. The molecule has 0 saturated heterocycles. The lowest BCUT2D eigenvalue weighted by atomic mass is 9.92. The standard InChI is InChI=1S/C32H34N4O2/c1-4-17-35-18-19-36-31(32(35)37)29(30(34-36)24-13-15-33-16-14-24)26-10-12-28-25(20-26)9-11-27(38-28)23-7-5-22(6-8-23)21(2)3/h5-8,10,12-16,20-21,27H,4,9,11,17-19H2,1-3H3. The van der Waals surface area contributed by atoms with E-state index in [1.165, 1.54) is 16.7 Å². The molecule has 0 aliphatic carbocycles. The molecular formula is C32H34N4O2. The zero-order chi connectivity index (χ0) is 26.2. The minimum Gasteiger partial charge on any atom is -0.485 e. The number of hydrogen-bond acceptors (Lipinski definition) is 4. The van der Waals surface area contributed by atoms with Crippen LogP contribution in [0.1, 0.15) is 72.8 Å². The molecule has 2 aliphatic rings. The molecule has 0 fully saturated rings. The van der Waals surface area contributed by atoms with E-state index >= 15 is 0 Å². The number of hydrogen-bond donors (Lipinski definition) is 0. The van der Waals surface area contributed by atoms with Gasteiger partial charge in [-0.1, -0.05) is 51.1 Å². The number of aryl methyl sites for hydroxylation is 1. The molecule has 4 aromatic rings. The highest BCUT2D eigenvalue weighted by Crippen LogP contribution is 2.41. The Bertz CT molecular complexity index is 1460. The van der Waals surface area contributed by atoms with Gasteiger partial charge in [-0.05, 0) is 71.7 Å². The molecule has 6 rings (SSSR count). The summed E-state index contributed by atoms with van der Waals surface area (Å²) in [7, 11) is 0. The van der Waals surface area contributed by atoms with Gasteiger partial charge in [-0.25, -0.2) is 0 Å². The number of benzene rings is 2. The van der Waals surface area contributed by atoms with Gasteiger partial charge in [0, 0.05) is 36.6 Å². The van der Waals surface area contributed by atoms with Crippen LogP contribution in [0.3, 0.4) is 0 Å². The normalized spacial score (nSPS) is 16.8. The van der Waals surface area contributed by atoms with E-state index in [2.05, 4.69) is 68.2 Å². The largest absolute Gasteiger partial charge is 0.485 e. The van der Waals surface area contributed by atoms with Gasteiger partial charge in [0.2, 0.25) is 0 Å². The highest BCUT2D eigenvalue weighted by atomic mass is 16.5. The molecule has 2 aromatic heterocycles. The molecule has 194 valence electrons.